The molecule has 168 valence electrons. The van der Waals surface area contributed by atoms with E-state index >= 15 is 0 Å². The van der Waals surface area contributed by atoms with Gasteiger partial charge in [-0.1, -0.05) is 17.7 Å². The lowest BCUT2D eigenvalue weighted by molar-refractivity contribution is -0.136. The summed E-state index contributed by atoms with van der Waals surface area (Å²) in [5, 5.41) is 14.0. The molecule has 9 heteroatoms. The van der Waals surface area contributed by atoms with Gasteiger partial charge in [0.1, 0.15) is 6.04 Å². The summed E-state index contributed by atoms with van der Waals surface area (Å²) < 4.78 is 0.912. The van der Waals surface area contributed by atoms with Crippen LogP contribution in [0.3, 0.4) is 0 Å². The van der Waals surface area contributed by atoms with Gasteiger partial charge >= 0.3 is 0 Å². The summed E-state index contributed by atoms with van der Waals surface area (Å²) in [6, 6.07) is 6.90. The lowest BCUT2D eigenvalue weighted by Gasteiger charge is -2.42. The smallest absolute Gasteiger partial charge is 0.262 e. The van der Waals surface area contributed by atoms with Crippen molar-refractivity contribution < 1.29 is 14.7 Å². The number of hydrogen-bond donors (Lipinski definition) is 2. The van der Waals surface area contributed by atoms with Crippen LogP contribution in [0.2, 0.25) is 5.02 Å². The zero-order valence-corrected chi connectivity index (χ0v) is 19.3. The Hall–Kier alpha value is -1.71. The fourth-order valence-electron chi connectivity index (χ4n) is 4.42. The van der Waals surface area contributed by atoms with E-state index in [-0.39, 0.29) is 11.8 Å². The van der Waals surface area contributed by atoms with Crippen molar-refractivity contribution in [2.75, 3.05) is 52.9 Å². The van der Waals surface area contributed by atoms with Crippen molar-refractivity contribution in [3.63, 3.8) is 0 Å². The van der Waals surface area contributed by atoms with Gasteiger partial charge in [-0.05, 0) is 56.6 Å². The molecule has 2 fully saturated rings. The molecule has 2 aliphatic rings. The van der Waals surface area contributed by atoms with E-state index in [0.29, 0.717) is 29.0 Å². The maximum Gasteiger partial charge on any atom is 0.262 e. The summed E-state index contributed by atoms with van der Waals surface area (Å²) >= 11 is 7.35. The molecular weight excluding hydrogens is 436 g/mol. The highest BCUT2D eigenvalue weighted by atomic mass is 35.5. The molecule has 0 radical (unpaired) electrons. The molecule has 0 spiro atoms. The summed E-state index contributed by atoms with van der Waals surface area (Å²) in [5.74, 6) is -0.572. The third kappa shape index (κ3) is 5.21. The summed E-state index contributed by atoms with van der Waals surface area (Å²) in [4.78, 5) is 32.8. The average molecular weight is 465 g/mol. The number of nitrogens with one attached hydrogen (secondary N) is 1. The van der Waals surface area contributed by atoms with E-state index in [9.17, 15) is 14.7 Å². The van der Waals surface area contributed by atoms with E-state index in [1.807, 2.05) is 12.1 Å². The van der Waals surface area contributed by atoms with Crippen LogP contribution in [0.4, 0.5) is 0 Å². The van der Waals surface area contributed by atoms with Crippen molar-refractivity contribution in [2.45, 2.75) is 24.9 Å². The zero-order valence-electron chi connectivity index (χ0n) is 17.7. The first-order valence-corrected chi connectivity index (χ1v) is 12.0. The Balaban J connectivity index is 1.33. The van der Waals surface area contributed by atoms with Gasteiger partial charge in [-0.2, -0.15) is 0 Å². The minimum absolute atomic E-state index is 0.219. The molecule has 1 aromatic heterocycles. The molecule has 1 atom stereocenters. The van der Waals surface area contributed by atoms with Crippen LogP contribution < -0.4 is 5.32 Å². The topological polar surface area (TPSA) is 76.1 Å². The molecule has 2 amide bonds. The maximum atomic E-state index is 13.0. The molecule has 3 heterocycles. The number of fused-ring (bicyclic) bond motifs is 1. The number of carbonyl (C=O) groups excluding carboxylic acids is 2. The number of carbonyl (C=O) groups is 2. The molecule has 7 nitrogen and oxygen atoms in total. The lowest BCUT2D eigenvalue weighted by Crippen LogP contribution is -2.58. The number of hydrogen-bond acceptors (Lipinski definition) is 6. The molecule has 0 bridgehead atoms. The highest BCUT2D eigenvalue weighted by molar-refractivity contribution is 7.20. The van der Waals surface area contributed by atoms with E-state index in [4.69, 9.17) is 11.6 Å². The molecule has 0 saturated carbocycles. The molecular formula is C22H29ClN4O3S. The Morgan fingerprint density at radius 1 is 1.16 bits per heavy atom. The number of aliphatic hydroxyl groups is 1. The SMILES string of the molecule is CN1CCC(N2CCN(C(=O)[C@@H](CO)NC(=O)c3cc4ccc(Cl)cc4s3)CC2)CC1. The predicted molar refractivity (Wildman–Crippen MR) is 124 cm³/mol. The first-order valence-electron chi connectivity index (χ1n) is 10.8. The first kappa shape index (κ1) is 22.5. The van der Waals surface area contributed by atoms with Crippen LogP contribution in [0.1, 0.15) is 22.5 Å². The molecule has 1 aromatic carbocycles. The minimum atomic E-state index is -0.934. The predicted octanol–water partition coefficient (Wildman–Crippen LogP) is 1.88. The van der Waals surface area contributed by atoms with Gasteiger partial charge in [0.15, 0.2) is 0 Å². The molecule has 31 heavy (non-hydrogen) atoms. The summed E-state index contributed by atoms with van der Waals surface area (Å²) in [7, 11) is 2.16. The molecule has 0 aliphatic carbocycles. The number of amides is 2. The van der Waals surface area contributed by atoms with Gasteiger partial charge in [0.05, 0.1) is 11.5 Å². The Labute approximate surface area is 191 Å². The Morgan fingerprint density at radius 3 is 2.55 bits per heavy atom. The van der Waals surface area contributed by atoms with Gasteiger partial charge in [0.25, 0.3) is 5.91 Å². The number of likely N-dealkylation sites (tertiary alicyclic amines) is 1. The van der Waals surface area contributed by atoms with Gasteiger partial charge < -0.3 is 20.2 Å². The fourth-order valence-corrected chi connectivity index (χ4v) is 5.66. The van der Waals surface area contributed by atoms with Crippen LogP contribution >= 0.6 is 22.9 Å². The largest absolute Gasteiger partial charge is 0.394 e. The molecule has 0 unspecified atom stereocenters. The van der Waals surface area contributed by atoms with E-state index < -0.39 is 12.6 Å². The average Bonchev–Trinajstić information content (AvgIpc) is 3.21. The number of halogens is 1. The second-order valence-corrected chi connectivity index (χ2v) is 9.92. The molecule has 2 aliphatic heterocycles. The normalized spacial score (nSPS) is 20.2. The number of aliphatic hydroxyl groups excluding tert-OH is 1. The number of piperidine rings is 1. The van der Waals surface area contributed by atoms with Gasteiger partial charge in [-0.15, -0.1) is 11.3 Å². The number of piperazine rings is 1. The zero-order chi connectivity index (χ0) is 22.0. The summed E-state index contributed by atoms with van der Waals surface area (Å²) in [6.45, 7) is 4.74. The Morgan fingerprint density at radius 2 is 1.87 bits per heavy atom. The number of thiophene rings is 1. The molecule has 4 rings (SSSR count). The fraction of sp³-hybridized carbons (Fsp3) is 0.545. The van der Waals surface area contributed by atoms with Crippen molar-refractivity contribution in [1.29, 1.82) is 0 Å². The third-order valence-electron chi connectivity index (χ3n) is 6.32. The van der Waals surface area contributed by atoms with Crippen molar-refractivity contribution in [3.8, 4) is 0 Å². The van der Waals surface area contributed by atoms with Crippen molar-refractivity contribution >= 4 is 44.8 Å². The van der Waals surface area contributed by atoms with Gasteiger partial charge in [0, 0.05) is 41.9 Å². The van der Waals surface area contributed by atoms with E-state index in [0.717, 1.165) is 36.3 Å². The second-order valence-electron chi connectivity index (χ2n) is 8.40. The molecule has 2 N–H and O–H groups in total. The second kappa shape index (κ2) is 9.83. The van der Waals surface area contributed by atoms with Crippen LogP contribution in [0, 0.1) is 0 Å². The van der Waals surface area contributed by atoms with Crippen molar-refractivity contribution in [2.24, 2.45) is 0 Å². The van der Waals surface area contributed by atoms with Crippen molar-refractivity contribution in [1.82, 2.24) is 20.0 Å². The van der Waals surface area contributed by atoms with E-state index in [1.54, 1.807) is 17.0 Å². The maximum absolute atomic E-state index is 13.0. The Bertz CT molecular complexity index is 936. The molecule has 2 aromatic rings. The monoisotopic (exact) mass is 464 g/mol. The van der Waals surface area contributed by atoms with E-state index in [2.05, 4.69) is 22.2 Å². The standard InChI is InChI=1S/C22H29ClN4O3S/c1-25-6-4-17(5-7-25)26-8-10-27(11-9-26)22(30)18(14-28)24-21(29)20-12-15-2-3-16(23)13-19(15)31-20/h2-3,12-13,17-18,28H,4-11,14H2,1H3,(H,24,29)/t18-/m1/s1. The van der Waals surface area contributed by atoms with Crippen LogP contribution in [-0.2, 0) is 4.79 Å². The minimum Gasteiger partial charge on any atom is -0.394 e. The van der Waals surface area contributed by atoms with Crippen LogP contribution in [0.25, 0.3) is 10.1 Å². The van der Waals surface area contributed by atoms with Gasteiger partial charge in [-0.25, -0.2) is 0 Å². The highest BCUT2D eigenvalue weighted by Gasteiger charge is 2.31. The van der Waals surface area contributed by atoms with Crippen LogP contribution in [0.5, 0.6) is 0 Å². The number of benzene rings is 1. The number of nitrogens with zero attached hydrogens (tertiary/aromatic N) is 3. The van der Waals surface area contributed by atoms with Gasteiger partial charge in [0.2, 0.25) is 5.91 Å². The van der Waals surface area contributed by atoms with Crippen LogP contribution in [0.15, 0.2) is 24.3 Å². The summed E-state index contributed by atoms with van der Waals surface area (Å²) in [6.07, 6.45) is 2.33. The van der Waals surface area contributed by atoms with Crippen molar-refractivity contribution in [3.05, 3.63) is 34.2 Å². The third-order valence-corrected chi connectivity index (χ3v) is 7.65. The lowest BCUT2D eigenvalue weighted by atomic mass is 10.0. The summed E-state index contributed by atoms with van der Waals surface area (Å²) in [5.41, 5.74) is 0. The Kier molecular flexibility index (Phi) is 7.13. The quantitative estimate of drug-likeness (QED) is 0.706. The highest BCUT2D eigenvalue weighted by Crippen LogP contribution is 2.28. The van der Waals surface area contributed by atoms with Crippen LogP contribution in [-0.4, -0.2) is 96.6 Å². The van der Waals surface area contributed by atoms with E-state index in [1.165, 1.54) is 24.2 Å². The first-order chi connectivity index (χ1) is 14.9. The van der Waals surface area contributed by atoms with Gasteiger partial charge in [-0.3, -0.25) is 14.5 Å². The number of rotatable bonds is 5. The molecule has 2 saturated heterocycles.